The van der Waals surface area contributed by atoms with Crippen molar-refractivity contribution in [3.63, 3.8) is 0 Å². The summed E-state index contributed by atoms with van der Waals surface area (Å²) in [5.41, 5.74) is 0. The highest BCUT2D eigenvalue weighted by atomic mass is 35.5. The molecule has 0 fully saturated rings. The first-order chi connectivity index (χ1) is 6.58. The van der Waals surface area contributed by atoms with E-state index in [9.17, 15) is 4.21 Å². The zero-order valence-corrected chi connectivity index (χ0v) is 10.6. The first-order valence-corrected chi connectivity index (χ1v) is 7.27. The lowest BCUT2D eigenvalue weighted by Gasteiger charge is -2.10. The van der Waals surface area contributed by atoms with Gasteiger partial charge in [-0.1, -0.05) is 11.6 Å². The SMILES string of the molecule is CC(CS(C)=O)NCc1ccc(Cl)s1. The first kappa shape index (κ1) is 12.2. The summed E-state index contributed by atoms with van der Waals surface area (Å²) in [7, 11) is -0.733. The van der Waals surface area contributed by atoms with Crippen molar-refractivity contribution in [1.29, 1.82) is 0 Å². The van der Waals surface area contributed by atoms with Gasteiger partial charge in [0, 0.05) is 40.3 Å². The van der Waals surface area contributed by atoms with E-state index in [4.69, 9.17) is 11.6 Å². The molecule has 0 aliphatic heterocycles. The molecule has 0 amide bonds. The fourth-order valence-corrected chi connectivity index (χ4v) is 2.99. The van der Waals surface area contributed by atoms with Crippen molar-refractivity contribution in [1.82, 2.24) is 5.32 Å². The van der Waals surface area contributed by atoms with E-state index in [1.165, 1.54) is 4.88 Å². The molecule has 0 bridgehead atoms. The minimum absolute atomic E-state index is 0.279. The lowest BCUT2D eigenvalue weighted by molar-refractivity contribution is 0.591. The van der Waals surface area contributed by atoms with Crippen LogP contribution in [0.4, 0.5) is 0 Å². The molecule has 14 heavy (non-hydrogen) atoms. The maximum atomic E-state index is 10.9. The van der Waals surface area contributed by atoms with Crippen LogP contribution in [0.5, 0.6) is 0 Å². The second-order valence-electron chi connectivity index (χ2n) is 3.23. The zero-order chi connectivity index (χ0) is 10.6. The molecule has 5 heteroatoms. The van der Waals surface area contributed by atoms with Crippen LogP contribution in [0.25, 0.3) is 0 Å². The smallest absolute Gasteiger partial charge is 0.0931 e. The van der Waals surface area contributed by atoms with Gasteiger partial charge in [-0.05, 0) is 19.1 Å². The molecule has 1 heterocycles. The molecule has 2 atom stereocenters. The predicted octanol–water partition coefficient (Wildman–Crippen LogP) is 2.26. The number of nitrogens with one attached hydrogen (secondary N) is 1. The van der Waals surface area contributed by atoms with Gasteiger partial charge in [-0.25, -0.2) is 0 Å². The van der Waals surface area contributed by atoms with Crippen molar-refractivity contribution in [3.8, 4) is 0 Å². The van der Waals surface area contributed by atoms with Gasteiger partial charge < -0.3 is 5.32 Å². The highest BCUT2D eigenvalue weighted by Gasteiger charge is 2.04. The van der Waals surface area contributed by atoms with Crippen molar-refractivity contribution in [3.05, 3.63) is 21.3 Å². The fraction of sp³-hybridized carbons (Fsp3) is 0.556. The van der Waals surface area contributed by atoms with Crippen molar-refractivity contribution in [2.45, 2.75) is 19.5 Å². The lowest BCUT2D eigenvalue weighted by Crippen LogP contribution is -2.30. The summed E-state index contributed by atoms with van der Waals surface area (Å²) in [4.78, 5) is 1.21. The van der Waals surface area contributed by atoms with Crippen LogP contribution in [0.15, 0.2) is 12.1 Å². The van der Waals surface area contributed by atoms with Gasteiger partial charge in [0.05, 0.1) is 4.34 Å². The number of halogens is 1. The third-order valence-electron chi connectivity index (χ3n) is 1.74. The highest BCUT2D eigenvalue weighted by Crippen LogP contribution is 2.21. The molecule has 0 aliphatic rings. The van der Waals surface area contributed by atoms with Crippen molar-refractivity contribution in [2.24, 2.45) is 0 Å². The summed E-state index contributed by atoms with van der Waals surface area (Å²) in [6.45, 7) is 2.84. The van der Waals surface area contributed by atoms with Crippen LogP contribution in [0.3, 0.4) is 0 Å². The summed E-state index contributed by atoms with van der Waals surface area (Å²) in [5.74, 6) is 0.694. The molecule has 1 N–H and O–H groups in total. The van der Waals surface area contributed by atoms with Gasteiger partial charge in [0.1, 0.15) is 0 Å². The molecule has 1 aromatic rings. The minimum Gasteiger partial charge on any atom is -0.308 e. The second kappa shape index (κ2) is 5.85. The molecule has 1 aromatic heterocycles. The van der Waals surface area contributed by atoms with Gasteiger partial charge in [0.2, 0.25) is 0 Å². The zero-order valence-electron chi connectivity index (χ0n) is 8.25. The Hall–Kier alpha value is 0.1000. The third kappa shape index (κ3) is 4.55. The number of hydrogen-bond acceptors (Lipinski definition) is 3. The largest absolute Gasteiger partial charge is 0.308 e. The van der Waals surface area contributed by atoms with E-state index in [1.54, 1.807) is 17.6 Å². The maximum absolute atomic E-state index is 10.9. The second-order valence-corrected chi connectivity index (χ2v) is 6.51. The van der Waals surface area contributed by atoms with E-state index in [0.29, 0.717) is 5.75 Å². The topological polar surface area (TPSA) is 29.1 Å². The summed E-state index contributed by atoms with van der Waals surface area (Å²) in [5, 5.41) is 3.30. The van der Waals surface area contributed by atoms with Crippen LogP contribution in [-0.4, -0.2) is 22.3 Å². The van der Waals surface area contributed by atoms with Gasteiger partial charge in [-0.2, -0.15) is 0 Å². The Balaban J connectivity index is 2.30. The number of rotatable bonds is 5. The fourth-order valence-electron chi connectivity index (χ4n) is 1.13. The first-order valence-electron chi connectivity index (χ1n) is 4.35. The Morgan fingerprint density at radius 3 is 2.86 bits per heavy atom. The number of thiophene rings is 1. The Kier molecular flexibility index (Phi) is 5.09. The highest BCUT2D eigenvalue weighted by molar-refractivity contribution is 7.84. The summed E-state index contributed by atoms with van der Waals surface area (Å²) >= 11 is 7.38. The standard InChI is InChI=1S/C9H14ClNOS2/c1-7(6-14(2)12)11-5-8-3-4-9(10)13-8/h3-4,7,11H,5-6H2,1-2H3. The van der Waals surface area contributed by atoms with E-state index >= 15 is 0 Å². The predicted molar refractivity (Wildman–Crippen MR) is 64.6 cm³/mol. The van der Waals surface area contributed by atoms with E-state index in [2.05, 4.69) is 5.32 Å². The van der Waals surface area contributed by atoms with Gasteiger partial charge in [0.25, 0.3) is 0 Å². The molecule has 1 rings (SSSR count). The van der Waals surface area contributed by atoms with Gasteiger partial charge in [-0.15, -0.1) is 11.3 Å². The Morgan fingerprint density at radius 1 is 1.64 bits per heavy atom. The molecule has 0 saturated heterocycles. The van der Waals surface area contributed by atoms with Crippen molar-refractivity contribution < 1.29 is 4.21 Å². The van der Waals surface area contributed by atoms with Crippen LogP contribution >= 0.6 is 22.9 Å². The normalized spacial score (nSPS) is 15.4. The summed E-state index contributed by atoms with van der Waals surface area (Å²) in [6.07, 6.45) is 1.72. The minimum atomic E-state index is -0.733. The Bertz CT molecular complexity index is 314. The molecule has 0 saturated carbocycles. The van der Waals surface area contributed by atoms with Gasteiger partial charge >= 0.3 is 0 Å². The van der Waals surface area contributed by atoms with Crippen LogP contribution < -0.4 is 5.32 Å². The molecule has 0 aliphatic carbocycles. The summed E-state index contributed by atoms with van der Waals surface area (Å²) < 4.78 is 11.7. The van der Waals surface area contributed by atoms with Gasteiger partial charge in [0.15, 0.2) is 0 Å². The molecule has 2 nitrogen and oxygen atoms in total. The molecule has 0 aromatic carbocycles. The van der Waals surface area contributed by atoms with Crippen molar-refractivity contribution in [2.75, 3.05) is 12.0 Å². The lowest BCUT2D eigenvalue weighted by atomic mass is 10.3. The van der Waals surface area contributed by atoms with Crippen LogP contribution in [-0.2, 0) is 17.3 Å². The maximum Gasteiger partial charge on any atom is 0.0931 e. The van der Waals surface area contributed by atoms with E-state index in [-0.39, 0.29) is 6.04 Å². The molecule has 80 valence electrons. The van der Waals surface area contributed by atoms with Gasteiger partial charge in [-0.3, -0.25) is 4.21 Å². The molecular formula is C9H14ClNOS2. The average Bonchev–Trinajstić information content (AvgIpc) is 2.47. The van der Waals surface area contributed by atoms with E-state index < -0.39 is 10.8 Å². The third-order valence-corrected chi connectivity index (χ3v) is 3.94. The monoisotopic (exact) mass is 251 g/mol. The van der Waals surface area contributed by atoms with Crippen LogP contribution in [0, 0.1) is 0 Å². The molecular weight excluding hydrogens is 238 g/mol. The molecule has 2 unspecified atom stereocenters. The number of hydrogen-bond donors (Lipinski definition) is 1. The Morgan fingerprint density at radius 2 is 2.36 bits per heavy atom. The summed E-state index contributed by atoms with van der Waals surface area (Å²) in [6, 6.07) is 4.18. The van der Waals surface area contributed by atoms with Crippen LogP contribution in [0.1, 0.15) is 11.8 Å². The average molecular weight is 252 g/mol. The molecule has 0 spiro atoms. The quantitative estimate of drug-likeness (QED) is 0.870. The van der Waals surface area contributed by atoms with E-state index in [0.717, 1.165) is 10.9 Å². The van der Waals surface area contributed by atoms with Crippen molar-refractivity contribution >= 4 is 33.7 Å². The Labute approximate surface area is 96.1 Å². The van der Waals surface area contributed by atoms with Crippen LogP contribution in [0.2, 0.25) is 4.34 Å². The molecule has 0 radical (unpaired) electrons. The van der Waals surface area contributed by atoms with E-state index in [1.807, 2.05) is 19.1 Å².